The first-order valence-corrected chi connectivity index (χ1v) is 7.62. The molecule has 1 aliphatic carbocycles. The largest absolute Gasteiger partial charge is 0.481 e. The lowest BCUT2D eigenvalue weighted by molar-refractivity contribution is -0.143. The van der Waals surface area contributed by atoms with E-state index in [1.807, 2.05) is 0 Å². The van der Waals surface area contributed by atoms with Crippen molar-refractivity contribution >= 4 is 27.6 Å². The van der Waals surface area contributed by atoms with Gasteiger partial charge in [0.15, 0.2) is 0 Å². The third-order valence-corrected chi connectivity index (χ3v) is 5.13. The SMILES string of the molecule is Cc1ccc(Cl)cc1S(=O)(=O)NCC1(C(=O)O)CC1. The molecule has 1 aromatic carbocycles. The first kappa shape index (κ1) is 14.3. The van der Waals surface area contributed by atoms with Crippen LogP contribution in [-0.2, 0) is 14.8 Å². The fraction of sp³-hybridized carbons (Fsp3) is 0.417. The Morgan fingerprint density at radius 2 is 2.11 bits per heavy atom. The molecule has 2 rings (SSSR count). The summed E-state index contributed by atoms with van der Waals surface area (Å²) in [5.41, 5.74) is -0.364. The molecule has 2 N–H and O–H groups in total. The molecule has 0 aliphatic heterocycles. The minimum Gasteiger partial charge on any atom is -0.481 e. The molecule has 7 heteroatoms. The van der Waals surface area contributed by atoms with Gasteiger partial charge in [0.1, 0.15) is 0 Å². The molecule has 0 aromatic heterocycles. The lowest BCUT2D eigenvalue weighted by atomic mass is 10.1. The Bertz CT molecular complexity index is 623. The maximum atomic E-state index is 12.1. The van der Waals surface area contributed by atoms with E-state index >= 15 is 0 Å². The summed E-state index contributed by atoms with van der Waals surface area (Å²) in [6, 6.07) is 4.58. The highest BCUT2D eigenvalue weighted by atomic mass is 35.5. The van der Waals surface area contributed by atoms with Crippen molar-refractivity contribution in [2.45, 2.75) is 24.7 Å². The lowest BCUT2D eigenvalue weighted by Crippen LogP contribution is -2.34. The van der Waals surface area contributed by atoms with E-state index in [0.29, 0.717) is 23.4 Å². The number of benzene rings is 1. The molecule has 0 atom stereocenters. The van der Waals surface area contributed by atoms with Gasteiger partial charge in [-0.15, -0.1) is 0 Å². The number of aryl methyl sites for hydroxylation is 1. The van der Waals surface area contributed by atoms with Crippen molar-refractivity contribution in [1.82, 2.24) is 4.72 Å². The van der Waals surface area contributed by atoms with Crippen LogP contribution in [0.25, 0.3) is 0 Å². The summed E-state index contributed by atoms with van der Waals surface area (Å²) in [7, 11) is -3.74. The number of aliphatic carboxylic acids is 1. The van der Waals surface area contributed by atoms with E-state index in [9.17, 15) is 13.2 Å². The summed E-state index contributed by atoms with van der Waals surface area (Å²) < 4.78 is 26.6. The third-order valence-electron chi connectivity index (χ3n) is 3.35. The Morgan fingerprint density at radius 1 is 1.47 bits per heavy atom. The molecule has 0 radical (unpaired) electrons. The number of rotatable bonds is 5. The average Bonchev–Trinajstić information content (AvgIpc) is 3.11. The van der Waals surface area contributed by atoms with Gasteiger partial charge in [0.25, 0.3) is 0 Å². The molecule has 1 aliphatic rings. The Morgan fingerprint density at radius 3 is 2.63 bits per heavy atom. The van der Waals surface area contributed by atoms with Crippen LogP contribution in [-0.4, -0.2) is 26.0 Å². The highest BCUT2D eigenvalue weighted by Crippen LogP contribution is 2.45. The van der Waals surface area contributed by atoms with E-state index < -0.39 is 21.4 Å². The monoisotopic (exact) mass is 303 g/mol. The smallest absolute Gasteiger partial charge is 0.310 e. The summed E-state index contributed by atoms with van der Waals surface area (Å²) in [4.78, 5) is 11.1. The number of carbonyl (C=O) groups is 1. The van der Waals surface area contributed by atoms with Crippen LogP contribution in [0.3, 0.4) is 0 Å². The van der Waals surface area contributed by atoms with Crippen molar-refractivity contribution in [1.29, 1.82) is 0 Å². The van der Waals surface area contributed by atoms with E-state index in [0.717, 1.165) is 0 Å². The summed E-state index contributed by atoms with van der Waals surface area (Å²) in [5, 5.41) is 9.34. The van der Waals surface area contributed by atoms with Crippen molar-refractivity contribution in [2.24, 2.45) is 5.41 Å². The predicted octanol–water partition coefficient (Wildman–Crippen LogP) is 1.79. The van der Waals surface area contributed by atoms with Gasteiger partial charge in [-0.1, -0.05) is 17.7 Å². The van der Waals surface area contributed by atoms with Gasteiger partial charge in [-0.25, -0.2) is 13.1 Å². The van der Waals surface area contributed by atoms with Crippen molar-refractivity contribution in [3.8, 4) is 0 Å². The van der Waals surface area contributed by atoms with Crippen LogP contribution in [0.4, 0.5) is 0 Å². The van der Waals surface area contributed by atoms with Crippen LogP contribution in [0.2, 0.25) is 5.02 Å². The second kappa shape index (κ2) is 4.77. The van der Waals surface area contributed by atoms with Gasteiger partial charge in [0, 0.05) is 11.6 Å². The maximum absolute atomic E-state index is 12.1. The van der Waals surface area contributed by atoms with Gasteiger partial charge >= 0.3 is 5.97 Å². The van der Waals surface area contributed by atoms with Crippen LogP contribution in [0, 0.1) is 12.3 Å². The van der Waals surface area contributed by atoms with Crippen LogP contribution < -0.4 is 4.72 Å². The summed E-state index contributed by atoms with van der Waals surface area (Å²) in [6.45, 7) is 1.58. The fourth-order valence-corrected chi connectivity index (χ4v) is 3.42. The number of carboxylic acid groups (broad SMARTS) is 1. The predicted molar refractivity (Wildman–Crippen MR) is 70.7 cm³/mol. The molecule has 1 saturated carbocycles. The Balaban J connectivity index is 2.19. The minimum absolute atomic E-state index is 0.0844. The Hall–Kier alpha value is -1.11. The minimum atomic E-state index is -3.74. The molecule has 5 nitrogen and oxygen atoms in total. The van der Waals surface area contributed by atoms with E-state index in [1.54, 1.807) is 19.1 Å². The van der Waals surface area contributed by atoms with Gasteiger partial charge in [-0.3, -0.25) is 4.79 Å². The second-order valence-electron chi connectivity index (χ2n) is 4.82. The standard InChI is InChI=1S/C12H14ClNO4S/c1-8-2-3-9(13)6-10(8)19(17,18)14-7-12(4-5-12)11(15)16/h2-3,6,14H,4-5,7H2,1H3,(H,15,16). The van der Waals surface area contributed by atoms with E-state index in [4.69, 9.17) is 16.7 Å². The van der Waals surface area contributed by atoms with Crippen molar-refractivity contribution in [2.75, 3.05) is 6.54 Å². The Labute approximate surface area is 116 Å². The zero-order valence-corrected chi connectivity index (χ0v) is 11.9. The van der Waals surface area contributed by atoms with Crippen LogP contribution >= 0.6 is 11.6 Å². The Kier molecular flexibility index (Phi) is 3.59. The molecule has 0 heterocycles. The molecule has 0 spiro atoms. The first-order chi connectivity index (χ1) is 8.77. The third kappa shape index (κ3) is 2.91. The molecular formula is C12H14ClNO4S. The van der Waals surface area contributed by atoms with Crippen LogP contribution in [0.1, 0.15) is 18.4 Å². The molecule has 0 bridgehead atoms. The maximum Gasteiger partial charge on any atom is 0.310 e. The number of halogens is 1. The number of hydrogen-bond acceptors (Lipinski definition) is 3. The lowest BCUT2D eigenvalue weighted by Gasteiger charge is -2.13. The summed E-state index contributed by atoms with van der Waals surface area (Å²) in [5.74, 6) is -0.960. The summed E-state index contributed by atoms with van der Waals surface area (Å²) >= 11 is 5.79. The van der Waals surface area contributed by atoms with E-state index in [2.05, 4.69) is 4.72 Å². The molecule has 0 amide bonds. The van der Waals surface area contributed by atoms with Crippen molar-refractivity contribution < 1.29 is 18.3 Å². The van der Waals surface area contributed by atoms with Gasteiger partial charge in [0.05, 0.1) is 10.3 Å². The highest BCUT2D eigenvalue weighted by molar-refractivity contribution is 7.89. The zero-order chi connectivity index (χ0) is 14.3. The highest BCUT2D eigenvalue weighted by Gasteiger charge is 2.50. The van der Waals surface area contributed by atoms with Crippen molar-refractivity contribution in [3.05, 3.63) is 28.8 Å². The fourth-order valence-electron chi connectivity index (χ4n) is 1.79. The number of nitrogens with one attached hydrogen (secondary N) is 1. The molecule has 1 aromatic rings. The molecule has 104 valence electrons. The molecule has 0 saturated heterocycles. The van der Waals surface area contributed by atoms with Crippen LogP contribution in [0.5, 0.6) is 0 Å². The number of carboxylic acids is 1. The quantitative estimate of drug-likeness (QED) is 0.868. The van der Waals surface area contributed by atoms with Gasteiger partial charge in [0.2, 0.25) is 10.0 Å². The number of sulfonamides is 1. The topological polar surface area (TPSA) is 83.5 Å². The zero-order valence-electron chi connectivity index (χ0n) is 10.3. The van der Waals surface area contributed by atoms with E-state index in [1.165, 1.54) is 6.07 Å². The van der Waals surface area contributed by atoms with Crippen LogP contribution in [0.15, 0.2) is 23.1 Å². The molecule has 0 unspecified atom stereocenters. The average molecular weight is 304 g/mol. The summed E-state index contributed by atoms with van der Waals surface area (Å²) in [6.07, 6.45) is 0.999. The van der Waals surface area contributed by atoms with E-state index in [-0.39, 0.29) is 11.4 Å². The van der Waals surface area contributed by atoms with Gasteiger partial charge < -0.3 is 5.11 Å². The normalized spacial score (nSPS) is 17.2. The van der Waals surface area contributed by atoms with Gasteiger partial charge in [-0.05, 0) is 37.5 Å². The second-order valence-corrected chi connectivity index (χ2v) is 6.99. The molecule has 1 fully saturated rings. The van der Waals surface area contributed by atoms with Crippen molar-refractivity contribution in [3.63, 3.8) is 0 Å². The number of hydrogen-bond donors (Lipinski definition) is 2. The first-order valence-electron chi connectivity index (χ1n) is 5.76. The van der Waals surface area contributed by atoms with Gasteiger partial charge in [-0.2, -0.15) is 0 Å². The molecule has 19 heavy (non-hydrogen) atoms. The molecular weight excluding hydrogens is 290 g/mol.